The van der Waals surface area contributed by atoms with Crippen molar-refractivity contribution in [2.75, 3.05) is 25.2 Å². The van der Waals surface area contributed by atoms with Gasteiger partial charge in [0.15, 0.2) is 0 Å². The fraction of sp³-hybridized carbons (Fsp3) is 0.536. The number of fused-ring (bicyclic) bond motifs is 7. The lowest BCUT2D eigenvalue weighted by atomic mass is 9.88. The van der Waals surface area contributed by atoms with Gasteiger partial charge in [-0.25, -0.2) is 0 Å². The van der Waals surface area contributed by atoms with Crippen molar-refractivity contribution in [3.8, 4) is 5.75 Å². The Labute approximate surface area is 242 Å². The molecule has 0 unspecified atom stereocenters. The summed E-state index contributed by atoms with van der Waals surface area (Å²) in [6.07, 6.45) is 3.41. The van der Waals surface area contributed by atoms with E-state index in [1.807, 2.05) is 19.9 Å². The van der Waals surface area contributed by atoms with Gasteiger partial charge in [-0.05, 0) is 36.1 Å². The summed E-state index contributed by atoms with van der Waals surface area (Å²) in [6, 6.07) is 5.12. The molecule has 2 heterocycles. The number of Topliss-reactive ketones (excluding diaryl/α,β-unsaturated/α-hetero) is 1. The predicted molar refractivity (Wildman–Crippen MR) is 155 cm³/mol. The van der Waals surface area contributed by atoms with Crippen LogP contribution in [0.3, 0.4) is 0 Å². The highest BCUT2D eigenvalue weighted by molar-refractivity contribution is 8.76. The third-order valence-corrected chi connectivity index (χ3v) is 9.06. The predicted octanol–water partition coefficient (Wildman–Crippen LogP) is 2.21. The largest absolute Gasteiger partial charge is 0.497 e. The Balaban J connectivity index is 1.96. The number of benzene rings is 1. The summed E-state index contributed by atoms with van der Waals surface area (Å²) in [6.45, 7) is 3.26. The van der Waals surface area contributed by atoms with Crippen molar-refractivity contribution in [1.82, 2.24) is 16.0 Å². The highest BCUT2D eigenvalue weighted by Crippen LogP contribution is 2.25. The Hall–Kier alpha value is -2.99. The molecule has 0 aromatic heterocycles. The number of amides is 3. The molecule has 4 atom stereocenters. The van der Waals surface area contributed by atoms with Crippen LogP contribution in [0.5, 0.6) is 5.75 Å². The summed E-state index contributed by atoms with van der Waals surface area (Å²) in [7, 11) is 4.54. The molecule has 0 radical (unpaired) electrons. The number of ether oxygens (including phenoxy) is 2. The molecule has 40 heavy (non-hydrogen) atoms. The van der Waals surface area contributed by atoms with Crippen LogP contribution >= 0.6 is 21.6 Å². The van der Waals surface area contributed by atoms with E-state index in [2.05, 4.69) is 16.0 Å². The van der Waals surface area contributed by atoms with Gasteiger partial charge >= 0.3 is 5.97 Å². The Kier molecular flexibility index (Phi) is 12.4. The topological polar surface area (TPSA) is 140 Å². The summed E-state index contributed by atoms with van der Waals surface area (Å²) in [4.78, 5) is 65.7. The number of allylic oxidation sites excluding steroid dienone is 1. The number of hydrogen-bond acceptors (Lipinski definition) is 9. The summed E-state index contributed by atoms with van der Waals surface area (Å²) in [5.74, 6) is -1.65. The number of ketones is 1. The first-order valence-electron chi connectivity index (χ1n) is 13.3. The molecule has 218 valence electrons. The monoisotopic (exact) mass is 591 g/mol. The fourth-order valence-electron chi connectivity index (χ4n) is 4.31. The van der Waals surface area contributed by atoms with Crippen molar-refractivity contribution in [3.05, 3.63) is 42.0 Å². The van der Waals surface area contributed by atoms with Crippen LogP contribution in [0.15, 0.2) is 36.4 Å². The first kappa shape index (κ1) is 31.5. The first-order valence-corrected chi connectivity index (χ1v) is 15.8. The van der Waals surface area contributed by atoms with Crippen molar-refractivity contribution in [2.24, 2.45) is 11.8 Å². The van der Waals surface area contributed by atoms with Crippen molar-refractivity contribution in [1.29, 1.82) is 0 Å². The normalized spacial score (nSPS) is 26.6. The molecule has 2 aliphatic rings. The van der Waals surface area contributed by atoms with Gasteiger partial charge in [-0.1, -0.05) is 53.6 Å². The number of methoxy groups -OCH3 is 1. The molecule has 0 aliphatic carbocycles. The lowest BCUT2D eigenvalue weighted by Gasteiger charge is -2.26. The van der Waals surface area contributed by atoms with Gasteiger partial charge in [-0.3, -0.25) is 24.0 Å². The van der Waals surface area contributed by atoms with E-state index >= 15 is 0 Å². The second kappa shape index (κ2) is 15.7. The quantitative estimate of drug-likeness (QED) is 0.273. The highest BCUT2D eigenvalue weighted by Gasteiger charge is 2.32. The molecule has 12 heteroatoms. The van der Waals surface area contributed by atoms with Gasteiger partial charge in [0, 0.05) is 36.7 Å². The standard InChI is InChI=1S/C28H37N3O7S2/c1-17(2)22-14-19(32)13-21-6-4-5-11-39-40-16-24(31-26(22)34)28(36)30-23(27(35)29-15-25(33)38-21)12-18-7-9-20(37-3)10-8-18/h4,6-10,17,21-24H,5,11-16H2,1-3H3,(H,29,35)(H,30,36)(H,31,34)/b6-4+/t21-,22-,23-,24-/m1/s1. The highest BCUT2D eigenvalue weighted by atomic mass is 33.1. The number of hydrogen-bond donors (Lipinski definition) is 3. The molecule has 2 aliphatic heterocycles. The average Bonchev–Trinajstić information content (AvgIpc) is 2.92. The van der Waals surface area contributed by atoms with E-state index in [1.165, 1.54) is 10.8 Å². The molecular weight excluding hydrogens is 554 g/mol. The number of nitrogens with one attached hydrogen (secondary N) is 3. The van der Waals surface area contributed by atoms with E-state index in [-0.39, 0.29) is 36.7 Å². The van der Waals surface area contributed by atoms with Crippen LogP contribution in [0.1, 0.15) is 38.7 Å². The second-order valence-electron chi connectivity index (χ2n) is 10.0. The van der Waals surface area contributed by atoms with E-state index in [0.717, 1.165) is 5.56 Å². The Bertz CT molecular complexity index is 1090. The SMILES string of the molecule is COc1ccc(C[C@H]2NC(=O)[C@H]3CSSCC/C=C/[C@H](CC(=O)C[C@H](C(C)C)C(=O)N3)OC(=O)CNC2=O)cc1. The van der Waals surface area contributed by atoms with Gasteiger partial charge in [0.2, 0.25) is 17.7 Å². The van der Waals surface area contributed by atoms with E-state index in [1.54, 1.807) is 48.2 Å². The third-order valence-electron chi connectivity index (χ3n) is 6.61. The number of esters is 1. The maximum Gasteiger partial charge on any atom is 0.326 e. The van der Waals surface area contributed by atoms with E-state index in [4.69, 9.17) is 9.47 Å². The molecule has 0 saturated carbocycles. The van der Waals surface area contributed by atoms with Gasteiger partial charge in [0.25, 0.3) is 0 Å². The van der Waals surface area contributed by atoms with Crippen LogP contribution in [0.25, 0.3) is 0 Å². The minimum absolute atomic E-state index is 0.0432. The van der Waals surface area contributed by atoms with Crippen LogP contribution < -0.4 is 20.7 Å². The van der Waals surface area contributed by atoms with Gasteiger partial charge in [-0.15, -0.1) is 0 Å². The molecule has 1 saturated heterocycles. The van der Waals surface area contributed by atoms with Crippen LogP contribution in [0, 0.1) is 11.8 Å². The number of carbonyl (C=O) groups excluding carboxylic acids is 5. The Morgan fingerprint density at radius 2 is 1.73 bits per heavy atom. The molecule has 3 rings (SSSR count). The summed E-state index contributed by atoms with van der Waals surface area (Å²) in [5, 5.41) is 8.16. The second-order valence-corrected chi connectivity index (χ2v) is 12.7. The number of carbonyl (C=O) groups is 5. The summed E-state index contributed by atoms with van der Waals surface area (Å²) in [5.41, 5.74) is 0.762. The molecule has 3 N–H and O–H groups in total. The fourth-order valence-corrected chi connectivity index (χ4v) is 6.46. The van der Waals surface area contributed by atoms with Gasteiger partial charge in [-0.2, -0.15) is 0 Å². The van der Waals surface area contributed by atoms with E-state index in [9.17, 15) is 24.0 Å². The smallest absolute Gasteiger partial charge is 0.326 e. The molecular formula is C28H37N3O7S2. The van der Waals surface area contributed by atoms with Crippen molar-refractivity contribution in [2.45, 2.75) is 57.7 Å². The molecule has 1 fully saturated rings. The zero-order valence-electron chi connectivity index (χ0n) is 23.0. The zero-order valence-corrected chi connectivity index (χ0v) is 24.6. The zero-order chi connectivity index (χ0) is 29.1. The van der Waals surface area contributed by atoms with Gasteiger partial charge in [0.05, 0.1) is 7.11 Å². The maximum atomic E-state index is 13.5. The van der Waals surface area contributed by atoms with Crippen LogP contribution in [0.2, 0.25) is 0 Å². The summed E-state index contributed by atoms with van der Waals surface area (Å²) >= 11 is 0. The van der Waals surface area contributed by atoms with Crippen molar-refractivity contribution >= 4 is 51.1 Å². The lowest BCUT2D eigenvalue weighted by molar-refractivity contribution is -0.148. The van der Waals surface area contributed by atoms with Gasteiger partial charge in [0.1, 0.15) is 36.3 Å². The lowest BCUT2D eigenvalue weighted by Crippen LogP contribution is -2.56. The number of rotatable bonds is 4. The van der Waals surface area contributed by atoms with Crippen molar-refractivity contribution < 1.29 is 33.4 Å². The molecule has 1 aromatic carbocycles. The van der Waals surface area contributed by atoms with E-state index in [0.29, 0.717) is 17.9 Å². The minimum Gasteiger partial charge on any atom is -0.497 e. The van der Waals surface area contributed by atoms with Crippen LogP contribution in [-0.2, 0) is 35.1 Å². The third kappa shape index (κ3) is 9.88. The van der Waals surface area contributed by atoms with Crippen LogP contribution in [-0.4, -0.2) is 72.8 Å². The molecule has 3 amide bonds. The maximum absolute atomic E-state index is 13.5. The Morgan fingerprint density at radius 1 is 0.975 bits per heavy atom. The van der Waals surface area contributed by atoms with Crippen molar-refractivity contribution in [3.63, 3.8) is 0 Å². The van der Waals surface area contributed by atoms with E-state index < -0.39 is 54.3 Å². The minimum atomic E-state index is -1.02. The Morgan fingerprint density at radius 3 is 2.42 bits per heavy atom. The first-order chi connectivity index (χ1) is 19.2. The van der Waals surface area contributed by atoms with Gasteiger partial charge < -0.3 is 25.4 Å². The summed E-state index contributed by atoms with van der Waals surface area (Å²) < 4.78 is 10.7. The molecule has 1 aromatic rings. The molecule has 2 bridgehead atoms. The molecule has 0 spiro atoms. The molecule has 10 nitrogen and oxygen atoms in total. The average molecular weight is 592 g/mol. The van der Waals surface area contributed by atoms with Crippen LogP contribution in [0.4, 0.5) is 0 Å².